The molecule has 0 unspecified atom stereocenters. The van der Waals surface area contributed by atoms with Crippen molar-refractivity contribution in [2.45, 2.75) is 92.4 Å². The molecule has 6 heteroatoms. The second-order valence-electron chi connectivity index (χ2n) is 13.3. The third kappa shape index (κ3) is 7.60. The fourth-order valence-corrected chi connectivity index (χ4v) is 6.57. The summed E-state index contributed by atoms with van der Waals surface area (Å²) in [7, 11) is 0. The third-order valence-electron chi connectivity index (χ3n) is 9.38. The van der Waals surface area contributed by atoms with E-state index in [-0.39, 0.29) is 48.9 Å². The first kappa shape index (κ1) is 36.2. The maximum Gasteiger partial charge on any atom is 0.162 e. The summed E-state index contributed by atoms with van der Waals surface area (Å²) in [6.07, 6.45) is 10.6. The number of carbonyl (C=O) groups excluding carboxylic acids is 1. The van der Waals surface area contributed by atoms with Crippen LogP contribution in [0.3, 0.4) is 0 Å². The number of aliphatic hydroxyl groups excluding tert-OH is 1. The molecule has 47 heavy (non-hydrogen) atoms. The minimum Gasteiger partial charge on any atom is -0.512 e. The van der Waals surface area contributed by atoms with Crippen molar-refractivity contribution in [2.24, 2.45) is 11.8 Å². The zero-order valence-electron chi connectivity index (χ0n) is 28.7. The number of carbonyl (C=O) groups is 1. The summed E-state index contributed by atoms with van der Waals surface area (Å²) in [5.74, 6) is 1.44. The van der Waals surface area contributed by atoms with Gasteiger partial charge in [0, 0.05) is 67.1 Å². The van der Waals surface area contributed by atoms with Gasteiger partial charge in [-0.25, -0.2) is 0 Å². The van der Waals surface area contributed by atoms with Gasteiger partial charge in [-0.15, -0.1) is 29.1 Å². The first-order chi connectivity index (χ1) is 22.1. The average Bonchev–Trinajstić information content (AvgIpc) is 3.45. The van der Waals surface area contributed by atoms with Gasteiger partial charge >= 0.3 is 0 Å². The fraction of sp³-hybridized carbons (Fsp3) is 0.390. The average molecular weight is 808 g/mol. The zero-order chi connectivity index (χ0) is 33.0. The van der Waals surface area contributed by atoms with E-state index in [1.165, 1.54) is 28.2 Å². The van der Waals surface area contributed by atoms with Crippen LogP contribution < -0.4 is 0 Å². The van der Waals surface area contributed by atoms with Gasteiger partial charge in [0.05, 0.1) is 5.76 Å². The molecule has 2 aromatic carbocycles. The Labute approximate surface area is 293 Å². The minimum atomic E-state index is 0. The molecular weight excluding hydrogens is 761 g/mol. The predicted octanol–water partition coefficient (Wildman–Crippen LogP) is 10.8. The number of pyridine rings is 2. The molecule has 1 aliphatic carbocycles. The van der Waals surface area contributed by atoms with Crippen molar-refractivity contribution in [2.75, 3.05) is 0 Å². The van der Waals surface area contributed by atoms with Crippen LogP contribution in [0.1, 0.15) is 90.8 Å². The quantitative estimate of drug-likeness (QED) is 0.0960. The van der Waals surface area contributed by atoms with Crippen molar-refractivity contribution < 1.29 is 34.4 Å². The first-order valence-corrected chi connectivity index (χ1v) is 16.9. The molecule has 1 N–H and O–H groups in total. The van der Waals surface area contributed by atoms with Crippen molar-refractivity contribution in [1.82, 2.24) is 9.97 Å². The van der Waals surface area contributed by atoms with E-state index in [1.807, 2.05) is 46.2 Å². The Morgan fingerprint density at radius 2 is 1.57 bits per heavy atom. The number of aryl methyl sites for hydroxylation is 2. The van der Waals surface area contributed by atoms with Crippen LogP contribution in [0.25, 0.3) is 44.5 Å². The Morgan fingerprint density at radius 3 is 2.26 bits per heavy atom. The van der Waals surface area contributed by atoms with E-state index in [2.05, 4.69) is 74.3 Å². The normalized spacial score (nSPS) is 12.8. The molecule has 0 amide bonds. The number of hydrogen-bond donors (Lipinski definition) is 1. The van der Waals surface area contributed by atoms with E-state index in [9.17, 15) is 9.90 Å². The Hall–Kier alpha value is -3.60. The molecule has 0 fully saturated rings. The number of aromatic nitrogens is 2. The number of ketones is 1. The molecular formula is C41H47IrN2O3-. The second kappa shape index (κ2) is 15.5. The van der Waals surface area contributed by atoms with Gasteiger partial charge in [0.1, 0.15) is 11.3 Å². The van der Waals surface area contributed by atoms with Crippen LogP contribution >= 0.6 is 0 Å². The monoisotopic (exact) mass is 808 g/mol. The van der Waals surface area contributed by atoms with Crippen LogP contribution in [0.15, 0.2) is 77.2 Å². The van der Waals surface area contributed by atoms with E-state index in [1.54, 1.807) is 0 Å². The van der Waals surface area contributed by atoms with Gasteiger partial charge in [-0.05, 0) is 61.6 Å². The number of furan rings is 1. The SMILES string of the molecule is CC(C)(C)c1cc(-c2nccc3c4c(oc23)-c2ncccc2CC4)[c-]c2ccccc12.CCC(CC)C(=O)/C=C(\O)C(CC)CC.[Ir]. The summed E-state index contributed by atoms with van der Waals surface area (Å²) in [6.45, 7) is 14.8. The van der Waals surface area contributed by atoms with Crippen LogP contribution in [0.4, 0.5) is 0 Å². The first-order valence-electron chi connectivity index (χ1n) is 16.9. The Balaban J connectivity index is 0.000000269. The van der Waals surface area contributed by atoms with E-state index < -0.39 is 0 Å². The number of hydrogen-bond acceptors (Lipinski definition) is 5. The van der Waals surface area contributed by atoms with E-state index in [4.69, 9.17) is 9.40 Å². The van der Waals surface area contributed by atoms with Gasteiger partial charge in [0.15, 0.2) is 11.5 Å². The summed E-state index contributed by atoms with van der Waals surface area (Å²) in [5.41, 5.74) is 7.39. The molecule has 0 bridgehead atoms. The molecule has 0 atom stereocenters. The number of nitrogens with zero attached hydrogens (tertiary/aromatic N) is 2. The third-order valence-corrected chi connectivity index (χ3v) is 9.38. The van der Waals surface area contributed by atoms with Gasteiger partial charge in [0.2, 0.25) is 0 Å². The second-order valence-corrected chi connectivity index (χ2v) is 13.3. The summed E-state index contributed by atoms with van der Waals surface area (Å²) in [5, 5.41) is 13.2. The van der Waals surface area contributed by atoms with Crippen molar-refractivity contribution in [3.8, 4) is 22.7 Å². The molecule has 3 aromatic heterocycles. The van der Waals surface area contributed by atoms with Crippen LogP contribution in [0, 0.1) is 17.9 Å². The van der Waals surface area contributed by atoms with E-state index >= 15 is 0 Å². The summed E-state index contributed by atoms with van der Waals surface area (Å²) in [6, 6.07) is 20.5. The Kier molecular flexibility index (Phi) is 12.0. The largest absolute Gasteiger partial charge is 0.512 e. The van der Waals surface area contributed by atoms with Crippen molar-refractivity contribution in [3.05, 3.63) is 95.5 Å². The van der Waals surface area contributed by atoms with Crippen LogP contribution in [0.5, 0.6) is 0 Å². The standard InChI is InChI=1S/C28H23N2O.C13H24O2.Ir/c1-28(2,3)23-16-19(15-18-7-4-5-9-20(18)23)25-27-22(12-14-30-25)21-11-10-17-8-6-13-29-24(17)26(21)31-27;1-5-10(6-2)12(14)9-13(15)11(7-3)8-4;/h4-9,12-14,16H,10-11H2,1-3H3;9-11,14H,5-8H2,1-4H3;/q-1;;/b;12-9-;. The maximum atomic E-state index is 11.7. The molecule has 5 nitrogen and oxygen atoms in total. The van der Waals surface area contributed by atoms with Crippen LogP contribution in [0.2, 0.25) is 0 Å². The number of fused-ring (bicyclic) bond motifs is 6. The van der Waals surface area contributed by atoms with Gasteiger partial charge in [-0.2, -0.15) is 0 Å². The van der Waals surface area contributed by atoms with Crippen molar-refractivity contribution >= 4 is 27.5 Å². The van der Waals surface area contributed by atoms with Gasteiger partial charge < -0.3 is 9.52 Å². The van der Waals surface area contributed by atoms with E-state index in [0.717, 1.165) is 77.6 Å². The topological polar surface area (TPSA) is 76.2 Å². The van der Waals surface area contributed by atoms with Crippen molar-refractivity contribution in [1.29, 1.82) is 0 Å². The predicted molar refractivity (Wildman–Crippen MR) is 189 cm³/mol. The van der Waals surface area contributed by atoms with Crippen molar-refractivity contribution in [3.63, 3.8) is 0 Å². The van der Waals surface area contributed by atoms with Gasteiger partial charge in [0.25, 0.3) is 0 Å². The molecule has 1 radical (unpaired) electrons. The van der Waals surface area contributed by atoms with E-state index in [0.29, 0.717) is 0 Å². The minimum absolute atomic E-state index is 0. The van der Waals surface area contributed by atoms with Crippen LogP contribution in [-0.4, -0.2) is 20.9 Å². The molecule has 3 heterocycles. The van der Waals surface area contributed by atoms with Gasteiger partial charge in [-0.3, -0.25) is 14.8 Å². The molecule has 0 aliphatic heterocycles. The molecule has 0 saturated carbocycles. The smallest absolute Gasteiger partial charge is 0.162 e. The molecule has 5 aromatic rings. The Morgan fingerprint density at radius 1 is 0.894 bits per heavy atom. The number of benzene rings is 2. The molecule has 0 saturated heterocycles. The molecule has 6 rings (SSSR count). The molecule has 1 aliphatic rings. The Bertz CT molecular complexity index is 1870. The maximum absolute atomic E-state index is 11.7. The summed E-state index contributed by atoms with van der Waals surface area (Å²) >= 11 is 0. The summed E-state index contributed by atoms with van der Waals surface area (Å²) in [4.78, 5) is 21.1. The summed E-state index contributed by atoms with van der Waals surface area (Å²) < 4.78 is 6.50. The molecule has 0 spiro atoms. The molecule has 249 valence electrons. The number of rotatable bonds is 8. The number of allylic oxidation sites excluding steroid dienone is 2. The van der Waals surface area contributed by atoms with Gasteiger partial charge in [-0.1, -0.05) is 83.7 Å². The number of aliphatic hydroxyl groups is 1. The fourth-order valence-electron chi connectivity index (χ4n) is 6.57. The zero-order valence-corrected chi connectivity index (χ0v) is 31.1. The van der Waals surface area contributed by atoms with Crippen LogP contribution in [-0.2, 0) is 43.2 Å².